The number of fused-ring (bicyclic) bond motifs is 1. The number of phenolic OH excluding ortho intramolecular Hbond substituents is 1. The normalized spacial score (nSPS) is 11.1. The van der Waals surface area contributed by atoms with Crippen LogP contribution in [0.2, 0.25) is 5.02 Å². The highest BCUT2D eigenvalue weighted by Gasteiger charge is 2.09. The average Bonchev–Trinajstić information content (AvgIpc) is 2.75. The Labute approximate surface area is 187 Å². The molecule has 4 rings (SSSR count). The van der Waals surface area contributed by atoms with E-state index in [9.17, 15) is 9.90 Å². The van der Waals surface area contributed by atoms with Crippen LogP contribution in [0.5, 0.6) is 5.75 Å². The highest BCUT2D eigenvalue weighted by Crippen LogP contribution is 2.31. The van der Waals surface area contributed by atoms with Crippen molar-refractivity contribution in [3.8, 4) is 5.75 Å². The number of rotatable bonds is 4. The van der Waals surface area contributed by atoms with E-state index in [0.29, 0.717) is 26.3 Å². The molecule has 0 saturated heterocycles. The minimum Gasteiger partial charge on any atom is -0.506 e. The fraction of sp³-hybridized carbons (Fsp3) is 0. The maximum atomic E-state index is 12.8. The lowest BCUT2D eigenvalue weighted by Gasteiger charge is -2.09. The number of aromatic hydroxyl groups is 1. The van der Waals surface area contributed by atoms with Crippen LogP contribution in [0, 0.1) is 0 Å². The van der Waals surface area contributed by atoms with Crippen molar-refractivity contribution in [1.82, 2.24) is 0 Å². The van der Waals surface area contributed by atoms with Gasteiger partial charge in [0.15, 0.2) is 0 Å². The van der Waals surface area contributed by atoms with Crippen LogP contribution >= 0.6 is 27.5 Å². The second kappa shape index (κ2) is 8.69. The average molecular weight is 480 g/mol. The molecule has 30 heavy (non-hydrogen) atoms. The first-order valence-electron chi connectivity index (χ1n) is 9.12. The molecule has 0 aliphatic heterocycles. The van der Waals surface area contributed by atoms with Gasteiger partial charge in [-0.3, -0.25) is 9.79 Å². The lowest BCUT2D eigenvalue weighted by Crippen LogP contribution is -2.11. The molecule has 0 atom stereocenters. The zero-order chi connectivity index (χ0) is 21.1. The van der Waals surface area contributed by atoms with Crippen molar-refractivity contribution in [3.63, 3.8) is 0 Å². The third-order valence-electron chi connectivity index (χ3n) is 4.56. The molecule has 0 fully saturated rings. The van der Waals surface area contributed by atoms with Crippen molar-refractivity contribution in [1.29, 1.82) is 0 Å². The number of anilines is 1. The fourth-order valence-electron chi connectivity index (χ4n) is 3.08. The minimum atomic E-state index is -0.225. The van der Waals surface area contributed by atoms with E-state index in [2.05, 4.69) is 26.2 Å². The van der Waals surface area contributed by atoms with Gasteiger partial charge in [-0.05, 0) is 57.7 Å². The highest BCUT2D eigenvalue weighted by atomic mass is 79.9. The summed E-state index contributed by atoms with van der Waals surface area (Å²) in [5, 5.41) is 15.6. The van der Waals surface area contributed by atoms with E-state index in [0.717, 1.165) is 16.5 Å². The largest absolute Gasteiger partial charge is 0.506 e. The molecule has 6 heteroatoms. The molecule has 4 aromatic rings. The summed E-state index contributed by atoms with van der Waals surface area (Å²) in [4.78, 5) is 17.2. The number of hydrogen-bond donors (Lipinski definition) is 2. The van der Waals surface area contributed by atoms with Gasteiger partial charge in [0.1, 0.15) is 5.75 Å². The third-order valence-corrected chi connectivity index (χ3v) is 5.38. The van der Waals surface area contributed by atoms with Crippen LogP contribution in [0.4, 0.5) is 11.4 Å². The number of nitrogens with zero attached hydrogens (tertiary/aromatic N) is 1. The molecule has 0 radical (unpaired) electrons. The highest BCUT2D eigenvalue weighted by molar-refractivity contribution is 9.10. The number of hydrogen-bond acceptors (Lipinski definition) is 3. The minimum absolute atomic E-state index is 0.0491. The third kappa shape index (κ3) is 4.37. The number of phenols is 1. The number of nitrogens with one attached hydrogen (secondary N) is 1. The smallest absolute Gasteiger partial charge is 0.255 e. The van der Waals surface area contributed by atoms with Gasteiger partial charge >= 0.3 is 0 Å². The fourth-order valence-corrected chi connectivity index (χ4v) is 3.92. The molecule has 4 aromatic carbocycles. The summed E-state index contributed by atoms with van der Waals surface area (Å²) in [6, 6.07) is 23.9. The van der Waals surface area contributed by atoms with E-state index in [4.69, 9.17) is 11.6 Å². The Morgan fingerprint density at radius 1 is 1.00 bits per heavy atom. The van der Waals surface area contributed by atoms with E-state index < -0.39 is 0 Å². The van der Waals surface area contributed by atoms with Gasteiger partial charge in [0.05, 0.1) is 10.2 Å². The lowest BCUT2D eigenvalue weighted by molar-refractivity contribution is 0.102. The van der Waals surface area contributed by atoms with Gasteiger partial charge in [0.25, 0.3) is 5.91 Å². The van der Waals surface area contributed by atoms with E-state index in [-0.39, 0.29) is 11.7 Å². The maximum absolute atomic E-state index is 12.8. The van der Waals surface area contributed by atoms with E-state index >= 15 is 0 Å². The van der Waals surface area contributed by atoms with Gasteiger partial charge in [-0.2, -0.15) is 0 Å². The molecule has 0 bridgehead atoms. The van der Waals surface area contributed by atoms with Gasteiger partial charge in [-0.15, -0.1) is 0 Å². The Hall–Kier alpha value is -3.15. The number of amides is 1. The van der Waals surface area contributed by atoms with Crippen LogP contribution in [0.1, 0.15) is 15.9 Å². The topological polar surface area (TPSA) is 61.7 Å². The van der Waals surface area contributed by atoms with Crippen LogP contribution < -0.4 is 5.32 Å². The Morgan fingerprint density at radius 2 is 1.77 bits per heavy atom. The quantitative estimate of drug-likeness (QED) is 0.311. The molecule has 0 heterocycles. The first-order chi connectivity index (χ1) is 14.5. The summed E-state index contributed by atoms with van der Waals surface area (Å²) < 4.78 is 0.486. The predicted octanol–water partition coefficient (Wildman–Crippen LogP) is 6.96. The molecule has 0 unspecified atom stereocenters. The van der Waals surface area contributed by atoms with Crippen molar-refractivity contribution in [2.75, 3.05) is 5.32 Å². The zero-order valence-electron chi connectivity index (χ0n) is 15.6. The molecule has 148 valence electrons. The molecule has 1 amide bonds. The van der Waals surface area contributed by atoms with Gasteiger partial charge in [-0.25, -0.2) is 0 Å². The van der Waals surface area contributed by atoms with Gasteiger partial charge in [0, 0.05) is 33.4 Å². The summed E-state index contributed by atoms with van der Waals surface area (Å²) in [7, 11) is 0. The van der Waals surface area contributed by atoms with E-state index in [1.54, 1.807) is 36.4 Å². The van der Waals surface area contributed by atoms with Gasteiger partial charge in [-0.1, -0.05) is 54.1 Å². The summed E-state index contributed by atoms with van der Waals surface area (Å²) in [5.41, 5.74) is 2.28. The van der Waals surface area contributed by atoms with E-state index in [1.807, 2.05) is 42.5 Å². The molecular weight excluding hydrogens is 464 g/mol. The molecule has 0 aromatic heterocycles. The SMILES string of the molecule is O=C(Nc1cccc2ccccc12)c1cccc(N=Cc2cc(Cl)cc(Br)c2O)c1. The standard InChI is InChI=1S/C24H16BrClN2O2/c25-21-13-18(26)11-17(23(21)29)14-27-19-8-3-7-16(12-19)24(30)28-22-10-4-6-15-5-1-2-9-20(15)22/h1-14,29H,(H,28,30). The van der Waals surface area contributed by atoms with Crippen molar-refractivity contribution >= 4 is 61.8 Å². The molecule has 2 N–H and O–H groups in total. The Kier molecular flexibility index (Phi) is 5.84. The van der Waals surface area contributed by atoms with Crippen molar-refractivity contribution < 1.29 is 9.90 Å². The molecule has 4 nitrogen and oxygen atoms in total. The summed E-state index contributed by atoms with van der Waals surface area (Å²) in [6.45, 7) is 0. The Morgan fingerprint density at radius 3 is 2.63 bits per heavy atom. The van der Waals surface area contributed by atoms with Crippen LogP contribution in [0.25, 0.3) is 10.8 Å². The first-order valence-corrected chi connectivity index (χ1v) is 10.3. The van der Waals surface area contributed by atoms with Crippen LogP contribution in [-0.4, -0.2) is 17.2 Å². The summed E-state index contributed by atoms with van der Waals surface area (Å²) in [6.07, 6.45) is 1.51. The molecular formula is C24H16BrClN2O2. The number of carbonyl (C=O) groups is 1. The van der Waals surface area contributed by atoms with Crippen molar-refractivity contribution in [2.45, 2.75) is 0 Å². The predicted molar refractivity (Wildman–Crippen MR) is 126 cm³/mol. The summed E-state index contributed by atoms with van der Waals surface area (Å²) >= 11 is 9.29. The summed E-state index contributed by atoms with van der Waals surface area (Å²) in [5.74, 6) is -0.176. The van der Waals surface area contributed by atoms with E-state index in [1.165, 1.54) is 6.21 Å². The molecule has 0 aliphatic carbocycles. The Bertz CT molecular complexity index is 1280. The second-order valence-electron chi connectivity index (χ2n) is 6.61. The van der Waals surface area contributed by atoms with Crippen LogP contribution in [0.3, 0.4) is 0 Å². The van der Waals surface area contributed by atoms with Gasteiger partial charge in [0.2, 0.25) is 0 Å². The Balaban J connectivity index is 1.58. The van der Waals surface area contributed by atoms with Crippen LogP contribution in [0.15, 0.2) is 88.3 Å². The number of benzene rings is 4. The molecule has 0 spiro atoms. The van der Waals surface area contributed by atoms with Crippen LogP contribution in [-0.2, 0) is 0 Å². The van der Waals surface area contributed by atoms with Gasteiger partial charge < -0.3 is 10.4 Å². The monoisotopic (exact) mass is 478 g/mol. The lowest BCUT2D eigenvalue weighted by atomic mass is 10.1. The first kappa shape index (κ1) is 20.1. The maximum Gasteiger partial charge on any atom is 0.255 e. The number of aliphatic imine (C=N–C) groups is 1. The second-order valence-corrected chi connectivity index (χ2v) is 7.91. The molecule has 0 saturated carbocycles. The van der Waals surface area contributed by atoms with Crippen molar-refractivity contribution in [3.05, 3.63) is 99.5 Å². The molecule has 0 aliphatic rings. The number of carbonyl (C=O) groups excluding carboxylic acids is 1. The van der Waals surface area contributed by atoms with Crippen molar-refractivity contribution in [2.24, 2.45) is 4.99 Å². The zero-order valence-corrected chi connectivity index (χ0v) is 18.0. The number of halogens is 2.